The minimum Gasteiger partial charge on any atom is -0.343 e. The predicted molar refractivity (Wildman–Crippen MR) is 108 cm³/mol. The quantitative estimate of drug-likeness (QED) is 0.654. The minimum atomic E-state index is -4.74. The van der Waals surface area contributed by atoms with E-state index in [0.717, 1.165) is 42.1 Å². The number of carbonyl (C=O) groups is 1. The topological polar surface area (TPSA) is 57.7 Å². The van der Waals surface area contributed by atoms with Crippen LogP contribution in [-0.2, 0) is 21.0 Å². The van der Waals surface area contributed by atoms with Crippen molar-refractivity contribution in [2.75, 3.05) is 20.1 Å². The van der Waals surface area contributed by atoms with Crippen molar-refractivity contribution in [2.45, 2.75) is 62.1 Å². The third kappa shape index (κ3) is 4.94. The van der Waals surface area contributed by atoms with E-state index in [4.69, 9.17) is 11.6 Å². The molecule has 1 heterocycles. The molecule has 0 aromatic heterocycles. The zero-order chi connectivity index (χ0) is 22.1. The van der Waals surface area contributed by atoms with Crippen LogP contribution in [0.5, 0.6) is 0 Å². The summed E-state index contributed by atoms with van der Waals surface area (Å²) < 4.78 is 66.1. The second-order valence-electron chi connectivity index (χ2n) is 8.06. The number of hydrogen-bond acceptors (Lipinski definition) is 3. The largest absolute Gasteiger partial charge is 0.417 e. The van der Waals surface area contributed by atoms with Gasteiger partial charge in [-0.05, 0) is 43.9 Å². The van der Waals surface area contributed by atoms with Gasteiger partial charge in [-0.3, -0.25) is 4.79 Å². The first kappa shape index (κ1) is 23.3. The van der Waals surface area contributed by atoms with Crippen LogP contribution in [0.4, 0.5) is 13.2 Å². The summed E-state index contributed by atoms with van der Waals surface area (Å²) in [5.41, 5.74) is -1.18. The highest BCUT2D eigenvalue weighted by Crippen LogP contribution is 2.37. The van der Waals surface area contributed by atoms with Gasteiger partial charge in [-0.2, -0.15) is 17.5 Å². The fourth-order valence-corrected chi connectivity index (χ4v) is 6.03. The smallest absolute Gasteiger partial charge is 0.343 e. The van der Waals surface area contributed by atoms with Gasteiger partial charge in [-0.25, -0.2) is 8.42 Å². The van der Waals surface area contributed by atoms with Crippen molar-refractivity contribution < 1.29 is 26.4 Å². The van der Waals surface area contributed by atoms with Crippen molar-refractivity contribution >= 4 is 27.5 Å². The average molecular weight is 467 g/mol. The van der Waals surface area contributed by atoms with Crippen molar-refractivity contribution in [1.82, 2.24) is 9.21 Å². The number of carbonyl (C=O) groups excluding carboxylic acids is 1. The van der Waals surface area contributed by atoms with Gasteiger partial charge >= 0.3 is 6.18 Å². The first-order valence-corrected chi connectivity index (χ1v) is 12.0. The maximum Gasteiger partial charge on any atom is 0.417 e. The van der Waals surface area contributed by atoms with Gasteiger partial charge < -0.3 is 4.90 Å². The van der Waals surface area contributed by atoms with E-state index in [-0.39, 0.29) is 31.0 Å². The molecule has 1 aromatic rings. The number of rotatable bonds is 4. The maximum atomic E-state index is 13.1. The molecular weight excluding hydrogens is 441 g/mol. The SMILES string of the molecule is CN(C(=O)C1CCN(S(=O)(=O)c2ccc(Cl)c(C(F)(F)F)c2)CC1)C1CCCCC1. The number of benzene rings is 1. The van der Waals surface area contributed by atoms with Crippen LogP contribution in [0.25, 0.3) is 0 Å². The highest BCUT2D eigenvalue weighted by Gasteiger charge is 2.37. The molecule has 5 nitrogen and oxygen atoms in total. The Morgan fingerprint density at radius 2 is 1.70 bits per heavy atom. The van der Waals surface area contributed by atoms with Gasteiger partial charge in [0.25, 0.3) is 0 Å². The van der Waals surface area contributed by atoms with E-state index in [1.807, 2.05) is 11.9 Å². The normalized spacial score (nSPS) is 20.3. The van der Waals surface area contributed by atoms with Gasteiger partial charge in [-0.1, -0.05) is 30.9 Å². The molecule has 2 fully saturated rings. The van der Waals surface area contributed by atoms with Gasteiger partial charge in [0, 0.05) is 32.1 Å². The summed E-state index contributed by atoms with van der Waals surface area (Å²) in [5.74, 6) is -0.232. The number of sulfonamides is 1. The van der Waals surface area contributed by atoms with E-state index in [1.54, 1.807) is 0 Å². The third-order valence-electron chi connectivity index (χ3n) is 6.15. The van der Waals surface area contributed by atoms with Gasteiger partial charge in [0.05, 0.1) is 15.5 Å². The summed E-state index contributed by atoms with van der Waals surface area (Å²) in [4.78, 5) is 14.2. The van der Waals surface area contributed by atoms with Gasteiger partial charge in [0.2, 0.25) is 15.9 Å². The lowest BCUT2D eigenvalue weighted by Crippen LogP contribution is -2.46. The third-order valence-corrected chi connectivity index (χ3v) is 8.38. The minimum absolute atomic E-state index is 0.0322. The van der Waals surface area contributed by atoms with E-state index in [2.05, 4.69) is 0 Å². The summed E-state index contributed by atoms with van der Waals surface area (Å²) >= 11 is 5.59. The molecular formula is C20H26ClF3N2O3S. The number of halogens is 4. The fraction of sp³-hybridized carbons (Fsp3) is 0.650. The zero-order valence-corrected chi connectivity index (χ0v) is 18.4. The predicted octanol–water partition coefficient (Wildman–Crippen LogP) is 4.55. The second kappa shape index (κ2) is 9.04. The van der Waals surface area contributed by atoms with Crippen molar-refractivity contribution in [3.63, 3.8) is 0 Å². The van der Waals surface area contributed by atoms with Crippen LogP contribution in [0.3, 0.4) is 0 Å². The molecule has 1 saturated heterocycles. The molecule has 3 rings (SSSR count). The van der Waals surface area contributed by atoms with Crippen molar-refractivity contribution in [1.29, 1.82) is 0 Å². The molecule has 0 bridgehead atoms. The molecule has 168 valence electrons. The molecule has 0 atom stereocenters. The Balaban J connectivity index is 1.67. The van der Waals surface area contributed by atoms with Crippen LogP contribution in [0.2, 0.25) is 5.02 Å². The van der Waals surface area contributed by atoms with E-state index in [9.17, 15) is 26.4 Å². The van der Waals surface area contributed by atoms with Gasteiger partial charge in [-0.15, -0.1) is 0 Å². The number of alkyl halides is 3. The molecule has 2 aliphatic rings. The lowest BCUT2D eigenvalue weighted by atomic mass is 9.91. The summed E-state index contributed by atoms with van der Waals surface area (Å²) in [6, 6.07) is 2.85. The van der Waals surface area contributed by atoms with Gasteiger partial charge in [0.15, 0.2) is 0 Å². The Morgan fingerprint density at radius 3 is 2.27 bits per heavy atom. The fourth-order valence-electron chi connectivity index (χ4n) is 4.31. The second-order valence-corrected chi connectivity index (χ2v) is 10.4. The molecule has 1 amide bonds. The molecule has 0 radical (unpaired) electrons. The molecule has 0 unspecified atom stereocenters. The van der Waals surface area contributed by atoms with Crippen LogP contribution in [0.15, 0.2) is 23.1 Å². The summed E-state index contributed by atoms with van der Waals surface area (Å²) in [5, 5.41) is -0.545. The number of hydrogen-bond donors (Lipinski definition) is 0. The van der Waals surface area contributed by atoms with Crippen LogP contribution in [-0.4, -0.2) is 49.7 Å². The Morgan fingerprint density at radius 1 is 1.10 bits per heavy atom. The van der Waals surface area contributed by atoms with Crippen LogP contribution < -0.4 is 0 Å². The molecule has 0 N–H and O–H groups in total. The molecule has 30 heavy (non-hydrogen) atoms. The first-order valence-electron chi connectivity index (χ1n) is 10.2. The summed E-state index contributed by atoms with van der Waals surface area (Å²) in [7, 11) is -2.29. The molecule has 10 heteroatoms. The zero-order valence-electron chi connectivity index (χ0n) is 16.8. The average Bonchev–Trinajstić information content (AvgIpc) is 2.72. The Kier molecular flexibility index (Phi) is 7.04. The van der Waals surface area contributed by atoms with E-state index < -0.39 is 31.7 Å². The molecule has 1 aliphatic heterocycles. The van der Waals surface area contributed by atoms with E-state index in [0.29, 0.717) is 18.9 Å². The monoisotopic (exact) mass is 466 g/mol. The molecule has 1 saturated carbocycles. The highest BCUT2D eigenvalue weighted by molar-refractivity contribution is 7.89. The Bertz CT molecular complexity index is 878. The van der Waals surface area contributed by atoms with Gasteiger partial charge in [0.1, 0.15) is 0 Å². The highest BCUT2D eigenvalue weighted by atomic mass is 35.5. The Labute approximate surface area is 180 Å². The Hall–Kier alpha value is -1.32. The molecule has 1 aliphatic carbocycles. The summed E-state index contributed by atoms with van der Waals surface area (Å²) in [6.07, 6.45) is 1.37. The van der Waals surface area contributed by atoms with Crippen molar-refractivity contribution in [3.8, 4) is 0 Å². The maximum absolute atomic E-state index is 13.1. The number of nitrogens with zero attached hydrogens (tertiary/aromatic N) is 2. The van der Waals surface area contributed by atoms with Crippen molar-refractivity contribution in [3.05, 3.63) is 28.8 Å². The van der Waals surface area contributed by atoms with E-state index in [1.165, 1.54) is 6.42 Å². The summed E-state index contributed by atoms with van der Waals surface area (Å²) in [6.45, 7) is 0.197. The number of amides is 1. The van der Waals surface area contributed by atoms with Crippen LogP contribution in [0.1, 0.15) is 50.5 Å². The molecule has 1 aromatic carbocycles. The number of piperidine rings is 1. The first-order chi connectivity index (χ1) is 14.0. The van der Waals surface area contributed by atoms with Crippen LogP contribution in [0, 0.1) is 5.92 Å². The molecule has 0 spiro atoms. The van der Waals surface area contributed by atoms with Crippen molar-refractivity contribution in [2.24, 2.45) is 5.92 Å². The standard InChI is InChI=1S/C20H26ClF3N2O3S/c1-25(15-5-3-2-4-6-15)19(27)14-9-11-26(12-10-14)30(28,29)16-7-8-18(21)17(13-16)20(22,23)24/h7-8,13-15H,2-6,9-12H2,1H3. The lowest BCUT2D eigenvalue weighted by molar-refractivity contribution is -0.138. The lowest BCUT2D eigenvalue weighted by Gasteiger charge is -2.36. The van der Waals surface area contributed by atoms with E-state index >= 15 is 0 Å². The van der Waals surface area contributed by atoms with Crippen LogP contribution >= 0.6 is 11.6 Å².